The molecule has 4 aliphatic rings. The summed E-state index contributed by atoms with van der Waals surface area (Å²) in [5, 5.41) is 45.0. The number of rotatable bonds is 13. The average Bonchev–Trinajstić information content (AvgIpc) is 3.53. The topological polar surface area (TPSA) is 102 Å². The van der Waals surface area contributed by atoms with Crippen LogP contribution in [0.5, 0.6) is 5.75 Å². The fourth-order valence-electron chi connectivity index (χ4n) is 7.36. The number of phenols is 1. The van der Waals surface area contributed by atoms with E-state index in [-0.39, 0.29) is 24.4 Å². The molecule has 4 fully saturated rings. The van der Waals surface area contributed by atoms with Crippen LogP contribution in [0.1, 0.15) is 67.7 Å². The lowest BCUT2D eigenvalue weighted by Crippen LogP contribution is -2.65. The Balaban J connectivity index is 1.11. The molecule has 214 valence electrons. The van der Waals surface area contributed by atoms with Gasteiger partial charge < -0.3 is 35.0 Å². The molecule has 2 bridgehead atoms. The van der Waals surface area contributed by atoms with Crippen LogP contribution in [0.4, 0.5) is 0 Å². The van der Waals surface area contributed by atoms with Crippen LogP contribution in [-0.2, 0) is 16.9 Å². The standard InChI is InChI=1S/C32H46N2O5/c35-22-26-19-25(11-12-29(26)36)30(37)20-33-15-6-16-34-17-13-24(14-18-34)31(21-34)39-23-32(38,28-9-4-5-10-28)27-7-2-1-3-8-27/h1-3,7-8,11-12,19,24,28,30-31,33,35,37-38H,4-6,9-10,13-18,20-23H2/p+1/t24?,30-,31-,32+,34?/m0/s1. The summed E-state index contributed by atoms with van der Waals surface area (Å²) in [5.41, 5.74) is 1.21. The minimum absolute atomic E-state index is 0.0474. The van der Waals surface area contributed by atoms with E-state index >= 15 is 0 Å². The van der Waals surface area contributed by atoms with Crippen molar-refractivity contribution in [3.05, 3.63) is 65.2 Å². The lowest BCUT2D eigenvalue weighted by molar-refractivity contribution is -0.946. The van der Waals surface area contributed by atoms with Crippen molar-refractivity contribution in [2.45, 2.75) is 69.4 Å². The third-order valence-corrected chi connectivity index (χ3v) is 9.85. The number of aromatic hydroxyl groups is 1. The summed E-state index contributed by atoms with van der Waals surface area (Å²) in [4.78, 5) is 0. The summed E-state index contributed by atoms with van der Waals surface area (Å²) in [5.74, 6) is 0.907. The molecule has 3 aliphatic heterocycles. The Kier molecular flexibility index (Phi) is 9.27. The SMILES string of the molecule is OCc1cc([C@@H](O)CNCCC[N+]23CCC(CC2)[C@@H](OC[C@@](O)(c2ccccc2)C2CCCC2)C3)ccc1O. The lowest BCUT2D eigenvalue weighted by Gasteiger charge is -2.53. The van der Waals surface area contributed by atoms with Crippen LogP contribution in [0.2, 0.25) is 0 Å². The summed E-state index contributed by atoms with van der Waals surface area (Å²) in [6.45, 7) is 5.92. The second-order valence-corrected chi connectivity index (χ2v) is 12.3. The van der Waals surface area contributed by atoms with E-state index < -0.39 is 11.7 Å². The quantitative estimate of drug-likeness (QED) is 0.197. The van der Waals surface area contributed by atoms with Gasteiger partial charge in [0.15, 0.2) is 0 Å². The number of nitrogens with one attached hydrogen (secondary N) is 1. The van der Waals surface area contributed by atoms with Crippen LogP contribution in [-0.4, -0.2) is 76.9 Å². The van der Waals surface area contributed by atoms with Crippen molar-refractivity contribution < 1.29 is 29.6 Å². The molecule has 3 atom stereocenters. The first-order chi connectivity index (χ1) is 18.9. The van der Waals surface area contributed by atoms with Gasteiger partial charge in [0.1, 0.15) is 24.0 Å². The Morgan fingerprint density at radius 2 is 1.77 bits per heavy atom. The van der Waals surface area contributed by atoms with E-state index in [0.29, 0.717) is 30.2 Å². The fourth-order valence-corrected chi connectivity index (χ4v) is 7.36. The minimum Gasteiger partial charge on any atom is -0.508 e. The summed E-state index contributed by atoms with van der Waals surface area (Å²) in [6.07, 6.45) is 7.45. The van der Waals surface area contributed by atoms with E-state index in [4.69, 9.17) is 4.74 Å². The molecule has 39 heavy (non-hydrogen) atoms. The molecule has 1 aliphatic carbocycles. The van der Waals surface area contributed by atoms with Crippen molar-refractivity contribution in [1.82, 2.24) is 5.32 Å². The van der Waals surface area contributed by atoms with Gasteiger partial charge in [0, 0.05) is 43.8 Å². The highest BCUT2D eigenvalue weighted by Crippen LogP contribution is 2.42. The molecule has 6 rings (SSSR count). The zero-order chi connectivity index (χ0) is 27.3. The number of benzene rings is 2. The molecule has 1 saturated carbocycles. The molecule has 0 radical (unpaired) electrons. The maximum Gasteiger partial charge on any atom is 0.121 e. The highest BCUT2D eigenvalue weighted by Gasteiger charge is 2.48. The van der Waals surface area contributed by atoms with Gasteiger partial charge in [-0.1, -0.05) is 49.2 Å². The van der Waals surface area contributed by atoms with Crippen LogP contribution >= 0.6 is 0 Å². The van der Waals surface area contributed by atoms with Crippen LogP contribution in [0.15, 0.2) is 48.5 Å². The monoisotopic (exact) mass is 539 g/mol. The molecule has 5 N–H and O–H groups in total. The first-order valence-electron chi connectivity index (χ1n) is 15.0. The van der Waals surface area contributed by atoms with Crippen LogP contribution in [0, 0.1) is 11.8 Å². The van der Waals surface area contributed by atoms with Gasteiger partial charge in [-0.25, -0.2) is 0 Å². The smallest absolute Gasteiger partial charge is 0.121 e. The van der Waals surface area contributed by atoms with E-state index in [1.54, 1.807) is 12.1 Å². The molecule has 3 heterocycles. The Morgan fingerprint density at radius 1 is 1.03 bits per heavy atom. The number of ether oxygens (including phenoxy) is 1. The highest BCUT2D eigenvalue weighted by molar-refractivity contribution is 5.36. The van der Waals surface area contributed by atoms with Crippen molar-refractivity contribution in [1.29, 1.82) is 0 Å². The van der Waals surface area contributed by atoms with E-state index in [9.17, 15) is 20.4 Å². The van der Waals surface area contributed by atoms with Crippen LogP contribution < -0.4 is 5.32 Å². The number of hydrogen-bond acceptors (Lipinski definition) is 6. The second-order valence-electron chi connectivity index (χ2n) is 12.3. The molecule has 3 saturated heterocycles. The van der Waals surface area contributed by atoms with Crippen molar-refractivity contribution in [2.24, 2.45) is 11.8 Å². The number of quaternary nitrogens is 1. The predicted octanol–water partition coefficient (Wildman–Crippen LogP) is 3.60. The highest BCUT2D eigenvalue weighted by atomic mass is 16.5. The Labute approximate surface area is 233 Å². The summed E-state index contributed by atoms with van der Waals surface area (Å²) in [6, 6.07) is 15.0. The fraction of sp³-hybridized carbons (Fsp3) is 0.625. The predicted molar refractivity (Wildman–Crippen MR) is 151 cm³/mol. The average molecular weight is 540 g/mol. The molecule has 7 nitrogen and oxygen atoms in total. The Bertz CT molecular complexity index is 1050. The molecule has 7 heteroatoms. The minimum atomic E-state index is -0.908. The Morgan fingerprint density at radius 3 is 2.49 bits per heavy atom. The number of nitrogens with zero attached hydrogens (tertiary/aromatic N) is 1. The van der Waals surface area contributed by atoms with Gasteiger partial charge in [0.25, 0.3) is 0 Å². The Hall–Kier alpha value is -2.00. The van der Waals surface area contributed by atoms with Gasteiger partial charge in [-0.15, -0.1) is 0 Å². The third-order valence-electron chi connectivity index (χ3n) is 9.85. The van der Waals surface area contributed by atoms with E-state index in [1.807, 2.05) is 18.2 Å². The normalized spacial score (nSPS) is 27.5. The van der Waals surface area contributed by atoms with Gasteiger partial charge >= 0.3 is 0 Å². The molecule has 0 aromatic heterocycles. The second kappa shape index (κ2) is 12.7. The van der Waals surface area contributed by atoms with Gasteiger partial charge in [-0.3, -0.25) is 0 Å². The number of aliphatic hydroxyl groups excluding tert-OH is 2. The van der Waals surface area contributed by atoms with Gasteiger partial charge in [-0.2, -0.15) is 0 Å². The zero-order valence-corrected chi connectivity index (χ0v) is 23.2. The molecule has 0 amide bonds. The van der Waals surface area contributed by atoms with Crippen LogP contribution in [0.25, 0.3) is 0 Å². The zero-order valence-electron chi connectivity index (χ0n) is 23.2. The van der Waals surface area contributed by atoms with E-state index in [0.717, 1.165) is 48.9 Å². The summed E-state index contributed by atoms with van der Waals surface area (Å²) >= 11 is 0. The number of aliphatic hydroxyl groups is 3. The molecule has 2 aromatic rings. The largest absolute Gasteiger partial charge is 0.508 e. The van der Waals surface area contributed by atoms with Gasteiger partial charge in [0.2, 0.25) is 0 Å². The number of fused-ring (bicyclic) bond motifs is 3. The molecule has 2 aromatic carbocycles. The van der Waals surface area contributed by atoms with Crippen molar-refractivity contribution in [2.75, 3.05) is 45.9 Å². The maximum atomic E-state index is 11.9. The molecular weight excluding hydrogens is 492 g/mol. The lowest BCUT2D eigenvalue weighted by atomic mass is 9.80. The number of piperidine rings is 3. The molecule has 0 unspecified atom stereocenters. The van der Waals surface area contributed by atoms with E-state index in [2.05, 4.69) is 17.4 Å². The summed E-state index contributed by atoms with van der Waals surface area (Å²) < 4.78 is 7.75. The first-order valence-corrected chi connectivity index (χ1v) is 15.0. The first kappa shape index (κ1) is 28.5. The third kappa shape index (κ3) is 6.50. The van der Waals surface area contributed by atoms with Crippen molar-refractivity contribution >= 4 is 0 Å². The molecular formula is C32H47N2O5+. The number of hydrogen-bond donors (Lipinski definition) is 5. The van der Waals surface area contributed by atoms with Crippen molar-refractivity contribution in [3.63, 3.8) is 0 Å². The van der Waals surface area contributed by atoms with E-state index in [1.165, 1.54) is 44.8 Å². The maximum absolute atomic E-state index is 11.9. The van der Waals surface area contributed by atoms with Crippen molar-refractivity contribution in [3.8, 4) is 5.75 Å². The van der Waals surface area contributed by atoms with Gasteiger partial charge in [0.05, 0.1) is 39.0 Å². The van der Waals surface area contributed by atoms with Gasteiger partial charge in [-0.05, 0) is 42.0 Å². The molecule has 0 spiro atoms. The van der Waals surface area contributed by atoms with Crippen LogP contribution in [0.3, 0.4) is 0 Å². The summed E-state index contributed by atoms with van der Waals surface area (Å²) in [7, 11) is 0.